The predicted molar refractivity (Wildman–Crippen MR) is 86.6 cm³/mol. The second-order valence-electron chi connectivity index (χ2n) is 6.94. The summed E-state index contributed by atoms with van der Waals surface area (Å²) in [5, 5.41) is 9.03. The molecule has 1 heterocycles. The molecule has 1 saturated heterocycles. The van der Waals surface area contributed by atoms with E-state index < -0.39 is 39.2 Å². The molecule has 1 aliphatic heterocycles. The molecule has 0 radical (unpaired) electrons. The van der Waals surface area contributed by atoms with Crippen LogP contribution in [0.2, 0.25) is 0 Å². The van der Waals surface area contributed by atoms with E-state index in [9.17, 15) is 22.4 Å². The Labute approximate surface area is 149 Å². The van der Waals surface area contributed by atoms with E-state index in [2.05, 4.69) is 0 Å². The number of carboxylic acids is 1. The van der Waals surface area contributed by atoms with Crippen LogP contribution in [0.4, 0.5) is 4.39 Å². The number of piperidine rings is 1. The van der Waals surface area contributed by atoms with Crippen molar-refractivity contribution in [2.24, 2.45) is 11.8 Å². The minimum absolute atomic E-state index is 0.303. The molecule has 2 saturated carbocycles. The number of fused-ring (bicyclic) bond motifs is 1. The second-order valence-corrected chi connectivity index (χ2v) is 8.61. The molecule has 0 spiro atoms. The normalized spacial score (nSPS) is 24.8. The van der Waals surface area contributed by atoms with Crippen LogP contribution < -0.4 is 9.46 Å². The van der Waals surface area contributed by atoms with E-state index in [-0.39, 0.29) is 11.7 Å². The van der Waals surface area contributed by atoms with Gasteiger partial charge in [-0.25, -0.2) is 13.9 Å². The van der Waals surface area contributed by atoms with Crippen molar-refractivity contribution in [2.45, 2.75) is 25.4 Å². The summed E-state index contributed by atoms with van der Waals surface area (Å²) in [5.74, 6) is -3.55. The number of nitrogens with zero attached hydrogens (tertiary/aromatic N) is 1. The first kappa shape index (κ1) is 17.2. The number of benzene rings is 1. The fraction of sp³-hybridized carbons (Fsp3) is 0.500. The number of rotatable bonds is 6. The van der Waals surface area contributed by atoms with Crippen LogP contribution in [0.15, 0.2) is 12.1 Å². The zero-order valence-corrected chi connectivity index (χ0v) is 14.5. The van der Waals surface area contributed by atoms with Crippen molar-refractivity contribution in [1.82, 2.24) is 9.03 Å². The molecule has 1 aromatic rings. The van der Waals surface area contributed by atoms with E-state index >= 15 is 0 Å². The summed E-state index contributed by atoms with van der Waals surface area (Å²) in [6.07, 6.45) is 2.02. The van der Waals surface area contributed by atoms with Gasteiger partial charge in [-0.2, -0.15) is 12.7 Å². The molecule has 8 nitrogen and oxygen atoms in total. The average Bonchev–Trinajstić information content (AvgIpc) is 3.48. The van der Waals surface area contributed by atoms with Crippen molar-refractivity contribution in [3.8, 4) is 5.75 Å². The van der Waals surface area contributed by atoms with Gasteiger partial charge in [0.15, 0.2) is 11.6 Å². The number of carbonyl (C=O) groups excluding carboxylic acids is 1. The number of nitrogens with one attached hydrogen (secondary N) is 1. The number of amides is 1. The number of halogens is 1. The van der Waals surface area contributed by atoms with Gasteiger partial charge in [0, 0.05) is 13.1 Å². The van der Waals surface area contributed by atoms with Crippen molar-refractivity contribution < 1.29 is 32.2 Å². The zero-order chi connectivity index (χ0) is 18.6. The van der Waals surface area contributed by atoms with Gasteiger partial charge in [-0.05, 0) is 43.2 Å². The Hall–Kier alpha value is -2.20. The van der Waals surface area contributed by atoms with Crippen molar-refractivity contribution in [2.75, 3.05) is 13.1 Å². The number of carboxylic acid groups (broad SMARTS) is 1. The van der Waals surface area contributed by atoms with Gasteiger partial charge in [-0.1, -0.05) is 0 Å². The number of ether oxygens (including phenoxy) is 1. The largest absolute Gasteiger partial charge is 0.486 e. The molecule has 1 aromatic carbocycles. The molecule has 2 unspecified atom stereocenters. The highest BCUT2D eigenvalue weighted by atomic mass is 32.2. The second kappa shape index (κ2) is 5.92. The molecular formula is C16H17FN2O6S. The lowest BCUT2D eigenvalue weighted by molar-refractivity contribution is 0.0689. The van der Waals surface area contributed by atoms with E-state index in [0.717, 1.165) is 18.6 Å². The molecule has 26 heavy (non-hydrogen) atoms. The van der Waals surface area contributed by atoms with Gasteiger partial charge in [0.1, 0.15) is 0 Å². The van der Waals surface area contributed by atoms with E-state index in [1.54, 1.807) is 0 Å². The first-order valence-corrected chi connectivity index (χ1v) is 9.75. The van der Waals surface area contributed by atoms with Gasteiger partial charge < -0.3 is 9.84 Å². The summed E-state index contributed by atoms with van der Waals surface area (Å²) in [4.78, 5) is 23.6. The Bertz CT molecular complexity index is 888. The van der Waals surface area contributed by atoms with E-state index in [4.69, 9.17) is 9.84 Å². The quantitative estimate of drug-likeness (QED) is 0.756. The van der Waals surface area contributed by atoms with Crippen molar-refractivity contribution in [3.05, 3.63) is 29.1 Å². The molecule has 0 aromatic heterocycles. The van der Waals surface area contributed by atoms with Crippen molar-refractivity contribution >= 4 is 22.1 Å². The molecule has 1 amide bonds. The lowest BCUT2D eigenvalue weighted by Gasteiger charge is -2.19. The van der Waals surface area contributed by atoms with Gasteiger partial charge >= 0.3 is 16.2 Å². The summed E-state index contributed by atoms with van der Waals surface area (Å²) in [5.41, 5.74) is -0.980. The Balaban J connectivity index is 1.60. The number of hydrogen-bond donors (Lipinski definition) is 2. The fourth-order valence-corrected chi connectivity index (χ4v) is 4.40. The van der Waals surface area contributed by atoms with Crippen LogP contribution >= 0.6 is 0 Å². The Morgan fingerprint density at radius 1 is 1.19 bits per heavy atom. The van der Waals surface area contributed by atoms with Gasteiger partial charge in [0.2, 0.25) is 0 Å². The van der Waals surface area contributed by atoms with Crippen LogP contribution in [0.25, 0.3) is 0 Å². The van der Waals surface area contributed by atoms with E-state index in [0.29, 0.717) is 37.8 Å². The molecule has 2 aliphatic carbocycles. The third-order valence-electron chi connectivity index (χ3n) is 4.89. The third kappa shape index (κ3) is 3.14. The van der Waals surface area contributed by atoms with Crippen molar-refractivity contribution in [1.29, 1.82) is 0 Å². The first-order chi connectivity index (χ1) is 12.3. The summed E-state index contributed by atoms with van der Waals surface area (Å²) in [6.45, 7) is 0.732. The number of hydrogen-bond acceptors (Lipinski definition) is 5. The number of aromatic carboxylic acids is 1. The maximum absolute atomic E-state index is 14.5. The predicted octanol–water partition coefficient (Wildman–Crippen LogP) is 0.991. The number of carbonyl (C=O) groups is 2. The van der Waals surface area contributed by atoms with Gasteiger partial charge in [0.05, 0.1) is 17.2 Å². The molecule has 0 bridgehead atoms. The molecular weight excluding hydrogens is 367 g/mol. The molecule has 3 fully saturated rings. The van der Waals surface area contributed by atoms with Crippen molar-refractivity contribution in [3.63, 3.8) is 0 Å². The highest BCUT2D eigenvalue weighted by Gasteiger charge is 2.49. The van der Waals surface area contributed by atoms with Crippen LogP contribution in [-0.4, -0.2) is 48.9 Å². The van der Waals surface area contributed by atoms with Crippen LogP contribution in [0, 0.1) is 17.7 Å². The fourth-order valence-electron chi connectivity index (χ4n) is 3.16. The summed E-state index contributed by atoms with van der Waals surface area (Å²) in [7, 11) is -4.04. The SMILES string of the molecule is O=C(O)c1ccc(C(=O)NS(=O)(=O)N2CC3CC3C2)c(OC2CC2)c1F. The van der Waals surface area contributed by atoms with Crippen LogP contribution in [0.3, 0.4) is 0 Å². The summed E-state index contributed by atoms with van der Waals surface area (Å²) >= 11 is 0. The van der Waals surface area contributed by atoms with Gasteiger partial charge in [0.25, 0.3) is 5.91 Å². The third-order valence-corrected chi connectivity index (χ3v) is 6.31. The average molecular weight is 384 g/mol. The monoisotopic (exact) mass is 384 g/mol. The highest BCUT2D eigenvalue weighted by Crippen LogP contribution is 2.45. The topological polar surface area (TPSA) is 113 Å². The Kier molecular flexibility index (Phi) is 3.92. The Morgan fingerprint density at radius 3 is 2.38 bits per heavy atom. The Morgan fingerprint density at radius 2 is 1.81 bits per heavy atom. The van der Waals surface area contributed by atoms with Crippen LogP contribution in [-0.2, 0) is 10.2 Å². The smallest absolute Gasteiger partial charge is 0.338 e. The standard InChI is InChI=1S/C16H17FN2O6S/c17-13-11(16(21)22)3-4-12(14(13)25-10-1-2-10)15(20)18-26(23,24)19-6-8-5-9(8)7-19/h3-4,8-10H,1-2,5-7H2,(H,18,20)(H,21,22). The molecule has 3 aliphatic rings. The maximum Gasteiger partial charge on any atom is 0.338 e. The first-order valence-electron chi connectivity index (χ1n) is 8.31. The van der Waals surface area contributed by atoms with Gasteiger partial charge in [-0.3, -0.25) is 4.79 Å². The van der Waals surface area contributed by atoms with Gasteiger partial charge in [-0.15, -0.1) is 0 Å². The van der Waals surface area contributed by atoms with Crippen LogP contribution in [0.5, 0.6) is 5.75 Å². The van der Waals surface area contributed by atoms with E-state index in [1.165, 1.54) is 4.31 Å². The minimum Gasteiger partial charge on any atom is -0.486 e. The molecule has 4 rings (SSSR count). The lowest BCUT2D eigenvalue weighted by Crippen LogP contribution is -2.43. The highest BCUT2D eigenvalue weighted by molar-refractivity contribution is 7.87. The molecule has 2 atom stereocenters. The molecule has 10 heteroatoms. The van der Waals surface area contributed by atoms with E-state index in [1.807, 2.05) is 4.72 Å². The summed E-state index contributed by atoms with van der Waals surface area (Å²) < 4.78 is 47.7. The molecule has 140 valence electrons. The minimum atomic E-state index is -4.04. The van der Waals surface area contributed by atoms with Crippen LogP contribution in [0.1, 0.15) is 40.0 Å². The lowest BCUT2D eigenvalue weighted by atomic mass is 10.1. The summed E-state index contributed by atoms with van der Waals surface area (Å²) in [6, 6.07) is 1.99. The molecule has 2 N–H and O–H groups in total. The zero-order valence-electron chi connectivity index (χ0n) is 13.6. The maximum atomic E-state index is 14.5.